The maximum absolute atomic E-state index is 14.5. The number of hydrogen-bond acceptors (Lipinski definition) is 4. The van der Waals surface area contributed by atoms with Crippen molar-refractivity contribution in [2.24, 2.45) is 0 Å². The summed E-state index contributed by atoms with van der Waals surface area (Å²) in [4.78, 5) is 23.1. The number of halogens is 1. The van der Waals surface area contributed by atoms with Crippen LogP contribution in [0.4, 0.5) is 9.18 Å². The van der Waals surface area contributed by atoms with Gasteiger partial charge in [-0.05, 0) is 38.8 Å². The van der Waals surface area contributed by atoms with E-state index < -0.39 is 29.9 Å². The molecule has 1 amide bonds. The third-order valence-corrected chi connectivity index (χ3v) is 3.00. The normalized spacial score (nSPS) is 14.0. The Labute approximate surface area is 141 Å². The van der Waals surface area contributed by atoms with Crippen molar-refractivity contribution < 1.29 is 23.5 Å². The third-order valence-electron chi connectivity index (χ3n) is 3.00. The molecule has 1 aromatic rings. The molecule has 5 nitrogen and oxygen atoms in total. The lowest BCUT2D eigenvalue weighted by Gasteiger charge is -2.24. The lowest BCUT2D eigenvalue weighted by molar-refractivity contribution is -0.134. The van der Waals surface area contributed by atoms with E-state index in [1.165, 1.54) is 7.11 Å². The highest BCUT2D eigenvalue weighted by Gasteiger charge is 2.25. The molecular weight excluding hydrogens is 313 g/mol. The zero-order valence-electron chi connectivity index (χ0n) is 14.4. The van der Waals surface area contributed by atoms with Gasteiger partial charge < -0.3 is 14.8 Å². The third kappa shape index (κ3) is 7.76. The van der Waals surface area contributed by atoms with Gasteiger partial charge in [0.05, 0.1) is 13.2 Å². The molecule has 24 heavy (non-hydrogen) atoms. The zero-order chi connectivity index (χ0) is 18.2. The molecule has 0 aliphatic carbocycles. The van der Waals surface area contributed by atoms with Crippen LogP contribution in [-0.4, -0.2) is 37.0 Å². The summed E-state index contributed by atoms with van der Waals surface area (Å²) in [6, 6.07) is 8.31. The number of alkyl halides is 1. The van der Waals surface area contributed by atoms with E-state index in [1.807, 2.05) is 30.3 Å². The molecule has 0 aromatic heterocycles. The minimum atomic E-state index is -1.57. The number of amides is 1. The molecule has 0 heterocycles. The van der Waals surface area contributed by atoms with Crippen molar-refractivity contribution in [2.75, 3.05) is 7.11 Å². The number of carbonyl (C=O) groups is 2. The Bertz CT molecular complexity index is 566. The summed E-state index contributed by atoms with van der Waals surface area (Å²) in [6.07, 6.45) is 0.0394. The number of ether oxygens (including phenoxy) is 2. The van der Waals surface area contributed by atoms with Crippen LogP contribution in [0.3, 0.4) is 0 Å². The number of esters is 1. The highest BCUT2D eigenvalue weighted by molar-refractivity contribution is 5.81. The van der Waals surface area contributed by atoms with Crippen molar-refractivity contribution in [2.45, 2.75) is 45.0 Å². The molecular formula is C18H24FNO4. The summed E-state index contributed by atoms with van der Waals surface area (Å²) >= 11 is 0. The smallest absolute Gasteiger partial charge is 0.407 e. The first-order valence-electron chi connectivity index (χ1n) is 7.65. The molecule has 0 saturated heterocycles. The summed E-state index contributed by atoms with van der Waals surface area (Å²) in [5, 5.41) is 2.52. The van der Waals surface area contributed by atoms with E-state index in [-0.39, 0.29) is 6.42 Å². The number of carbonyl (C=O) groups excluding carboxylic acids is 2. The van der Waals surface area contributed by atoms with Crippen LogP contribution >= 0.6 is 0 Å². The Kier molecular flexibility index (Phi) is 7.42. The molecule has 0 aliphatic rings. The van der Waals surface area contributed by atoms with Crippen LogP contribution in [0, 0.1) is 0 Å². The van der Waals surface area contributed by atoms with Gasteiger partial charge in [-0.2, -0.15) is 0 Å². The molecule has 0 unspecified atom stereocenters. The minimum Gasteiger partial charge on any atom is -0.466 e. The molecule has 6 heteroatoms. The standard InChI is InChI=1S/C18H24FNO4/c1-18(2,3)24-17(22)20-15(12-13-8-6-5-7-9-13)14(19)10-11-16(21)23-4/h5-11,14-15H,12H2,1-4H3,(H,20,22)/b11-10+/t14-,15+/m1/s1. The van der Waals surface area contributed by atoms with Crippen molar-refractivity contribution in [1.29, 1.82) is 0 Å². The van der Waals surface area contributed by atoms with E-state index in [9.17, 15) is 14.0 Å². The largest absolute Gasteiger partial charge is 0.466 e. The number of methoxy groups -OCH3 is 1. The first-order chi connectivity index (χ1) is 11.2. The predicted molar refractivity (Wildman–Crippen MR) is 89.4 cm³/mol. The van der Waals surface area contributed by atoms with Crippen LogP contribution < -0.4 is 5.32 Å². The van der Waals surface area contributed by atoms with Gasteiger partial charge in [0.2, 0.25) is 0 Å². The van der Waals surface area contributed by atoms with Gasteiger partial charge in [0.25, 0.3) is 0 Å². The SMILES string of the molecule is COC(=O)/C=C/[C@@H](F)[C@H](Cc1ccccc1)NC(=O)OC(C)(C)C. The number of nitrogens with one attached hydrogen (secondary N) is 1. The van der Waals surface area contributed by atoms with Crippen molar-refractivity contribution in [3.63, 3.8) is 0 Å². The lowest BCUT2D eigenvalue weighted by atomic mass is 10.0. The van der Waals surface area contributed by atoms with Crippen LogP contribution in [0.5, 0.6) is 0 Å². The topological polar surface area (TPSA) is 64.6 Å². The fraction of sp³-hybridized carbons (Fsp3) is 0.444. The molecule has 0 bridgehead atoms. The second-order valence-corrected chi connectivity index (χ2v) is 6.27. The molecule has 1 N–H and O–H groups in total. The van der Waals surface area contributed by atoms with E-state index >= 15 is 0 Å². The van der Waals surface area contributed by atoms with Gasteiger partial charge in [-0.1, -0.05) is 30.3 Å². The van der Waals surface area contributed by atoms with Crippen LogP contribution in [-0.2, 0) is 20.7 Å². The molecule has 2 atom stereocenters. The fourth-order valence-electron chi connectivity index (χ4n) is 1.94. The van der Waals surface area contributed by atoms with Crippen LogP contribution in [0.15, 0.2) is 42.5 Å². The highest BCUT2D eigenvalue weighted by Crippen LogP contribution is 2.12. The first-order valence-corrected chi connectivity index (χ1v) is 7.65. The van der Waals surface area contributed by atoms with Crippen LogP contribution in [0.1, 0.15) is 26.3 Å². The molecule has 1 rings (SSSR count). The molecule has 0 aliphatic heterocycles. The van der Waals surface area contributed by atoms with Crippen molar-refractivity contribution >= 4 is 12.1 Å². The molecule has 132 valence electrons. The second-order valence-electron chi connectivity index (χ2n) is 6.27. The van der Waals surface area contributed by atoms with Gasteiger partial charge in [0, 0.05) is 6.08 Å². The summed E-state index contributed by atoms with van der Waals surface area (Å²) in [5.74, 6) is -0.659. The Balaban J connectivity index is 2.84. The zero-order valence-corrected chi connectivity index (χ0v) is 14.4. The van der Waals surface area contributed by atoms with Crippen LogP contribution in [0.25, 0.3) is 0 Å². The van der Waals surface area contributed by atoms with E-state index in [4.69, 9.17) is 4.74 Å². The fourth-order valence-corrected chi connectivity index (χ4v) is 1.94. The van der Waals surface area contributed by atoms with Crippen LogP contribution in [0.2, 0.25) is 0 Å². The van der Waals surface area contributed by atoms with Gasteiger partial charge in [-0.15, -0.1) is 0 Å². The van der Waals surface area contributed by atoms with E-state index in [0.717, 1.165) is 17.7 Å². The van der Waals surface area contributed by atoms with Gasteiger partial charge in [0.1, 0.15) is 11.8 Å². The number of hydrogen-bond donors (Lipinski definition) is 1. The molecule has 0 radical (unpaired) electrons. The maximum atomic E-state index is 14.5. The molecule has 0 spiro atoms. The summed E-state index contributed by atoms with van der Waals surface area (Å²) in [7, 11) is 1.21. The Morgan fingerprint density at radius 1 is 1.25 bits per heavy atom. The molecule has 0 saturated carbocycles. The van der Waals surface area contributed by atoms with Gasteiger partial charge in [0.15, 0.2) is 0 Å². The van der Waals surface area contributed by atoms with Crippen molar-refractivity contribution in [1.82, 2.24) is 5.32 Å². The average molecular weight is 337 g/mol. The van der Waals surface area contributed by atoms with Gasteiger partial charge >= 0.3 is 12.1 Å². The van der Waals surface area contributed by atoms with Gasteiger partial charge in [-0.25, -0.2) is 14.0 Å². The Morgan fingerprint density at radius 2 is 1.88 bits per heavy atom. The van der Waals surface area contributed by atoms with Crippen molar-refractivity contribution in [3.8, 4) is 0 Å². The number of rotatable bonds is 6. The van der Waals surface area contributed by atoms with E-state index in [1.54, 1.807) is 20.8 Å². The highest BCUT2D eigenvalue weighted by atomic mass is 19.1. The minimum absolute atomic E-state index is 0.257. The monoisotopic (exact) mass is 337 g/mol. The Hall–Kier alpha value is -2.37. The quantitative estimate of drug-likeness (QED) is 0.639. The maximum Gasteiger partial charge on any atom is 0.407 e. The molecule has 1 aromatic carbocycles. The average Bonchev–Trinajstić information content (AvgIpc) is 2.50. The second kappa shape index (κ2) is 9.05. The number of benzene rings is 1. The first kappa shape index (κ1) is 19.7. The summed E-state index contributed by atoms with van der Waals surface area (Å²) in [5.41, 5.74) is 0.169. The summed E-state index contributed by atoms with van der Waals surface area (Å²) in [6.45, 7) is 5.18. The van der Waals surface area contributed by atoms with Gasteiger partial charge in [-0.3, -0.25) is 0 Å². The van der Waals surface area contributed by atoms with Crippen molar-refractivity contribution in [3.05, 3.63) is 48.0 Å². The Morgan fingerprint density at radius 3 is 2.42 bits per heavy atom. The number of alkyl carbamates (subject to hydrolysis) is 1. The lowest BCUT2D eigenvalue weighted by Crippen LogP contribution is -2.44. The van der Waals surface area contributed by atoms with E-state index in [0.29, 0.717) is 0 Å². The van der Waals surface area contributed by atoms with E-state index in [2.05, 4.69) is 10.1 Å². The summed E-state index contributed by atoms with van der Waals surface area (Å²) < 4.78 is 24.1. The predicted octanol–water partition coefficient (Wildman–Crippen LogP) is 3.19. The molecule has 0 fully saturated rings.